The number of hydrogen-bond donors (Lipinski definition) is 4. The molecule has 0 saturated carbocycles. The van der Waals surface area contributed by atoms with Crippen LogP contribution in [0.5, 0.6) is 0 Å². The summed E-state index contributed by atoms with van der Waals surface area (Å²) in [6.45, 7) is 0. The van der Waals surface area contributed by atoms with Crippen LogP contribution in [0.2, 0.25) is 0 Å². The van der Waals surface area contributed by atoms with E-state index in [4.69, 9.17) is 11.6 Å². The van der Waals surface area contributed by atoms with Gasteiger partial charge in [-0.2, -0.15) is 0 Å². The predicted molar refractivity (Wildman–Crippen MR) is 92.5 cm³/mol. The molecule has 2 rings (SSSR count). The van der Waals surface area contributed by atoms with Gasteiger partial charge in [-0.25, -0.2) is 10.8 Å². The van der Waals surface area contributed by atoms with Gasteiger partial charge < -0.3 is 11.2 Å². The van der Waals surface area contributed by atoms with E-state index < -0.39 is 16.4 Å². The Morgan fingerprint density at radius 1 is 1.13 bits per heavy atom. The van der Waals surface area contributed by atoms with Crippen LogP contribution < -0.4 is 17.0 Å². The smallest absolute Gasteiger partial charge is 0.218 e. The number of carbonyl (C=O) groups is 2. The molecule has 0 aliphatic heterocycles. The largest absolute Gasteiger partial charge is 0.315 e. The Balaban J connectivity index is 2.47. The molecule has 0 aromatic heterocycles. The third-order valence-electron chi connectivity index (χ3n) is 3.32. The lowest BCUT2D eigenvalue weighted by Gasteiger charge is -2.25. The number of hydrogen-bond acceptors (Lipinski definition) is 5. The zero-order valence-electron chi connectivity index (χ0n) is 12.1. The molecule has 0 saturated heterocycles. The topological polar surface area (TPSA) is 111 Å². The molecule has 2 aromatic carbocycles. The van der Waals surface area contributed by atoms with Crippen LogP contribution in [-0.2, 0) is 10.3 Å². The molecule has 7 heteroatoms. The quantitative estimate of drug-likeness (QED) is 0.121. The van der Waals surface area contributed by atoms with Crippen LogP contribution in [-0.4, -0.2) is 17.2 Å². The Morgan fingerprint density at radius 2 is 1.83 bits per heavy atom. The van der Waals surface area contributed by atoms with Gasteiger partial charge in [0, 0.05) is 5.56 Å². The minimum atomic E-state index is -1.86. The van der Waals surface area contributed by atoms with Crippen LogP contribution in [0.4, 0.5) is 5.69 Å². The number of aliphatic imine (C=N–C) groups is 1. The van der Waals surface area contributed by atoms with Crippen LogP contribution in [0.1, 0.15) is 15.9 Å². The molecule has 0 amide bonds. The minimum absolute atomic E-state index is 0.255. The second kappa shape index (κ2) is 7.19. The van der Waals surface area contributed by atoms with E-state index in [1.54, 1.807) is 48.5 Å². The van der Waals surface area contributed by atoms with Gasteiger partial charge in [-0.05, 0) is 17.7 Å². The molecular formula is C16H16N4O2S. The number of rotatable bonds is 6. The molecule has 0 aliphatic rings. The van der Waals surface area contributed by atoms with E-state index in [1.807, 2.05) is 0 Å². The summed E-state index contributed by atoms with van der Waals surface area (Å²) >= 11 is 3.82. The number of hydrazine groups is 1. The Hall–Kier alpha value is -2.48. The van der Waals surface area contributed by atoms with Gasteiger partial charge in [-0.3, -0.25) is 9.59 Å². The molecule has 5 N–H and O–H groups in total. The van der Waals surface area contributed by atoms with Crippen molar-refractivity contribution in [2.75, 3.05) is 0 Å². The molecule has 0 radical (unpaired) electrons. The normalized spacial score (nSPS) is 13.5. The van der Waals surface area contributed by atoms with Crippen molar-refractivity contribution in [1.82, 2.24) is 5.43 Å². The molecule has 23 heavy (non-hydrogen) atoms. The summed E-state index contributed by atoms with van der Waals surface area (Å²) in [6.07, 6.45) is 1.28. The van der Waals surface area contributed by atoms with Gasteiger partial charge in [0.2, 0.25) is 5.12 Å². The summed E-state index contributed by atoms with van der Waals surface area (Å²) in [5, 5.41) is -0.730. The van der Waals surface area contributed by atoms with E-state index in [9.17, 15) is 9.59 Å². The molecule has 0 aliphatic carbocycles. The van der Waals surface area contributed by atoms with E-state index in [0.717, 1.165) is 0 Å². The summed E-state index contributed by atoms with van der Waals surface area (Å²) in [5.74, 6) is 4.56. The molecule has 0 heterocycles. The standard InChI is InChI=1S/C16H16N4O2S/c17-16(15(22)23,12-6-2-1-3-7-12)14(21)11-5-4-8-13(9-11)19-10-20-18/h1-10H,17-18H2,(H,19,20)(H,22,23). The summed E-state index contributed by atoms with van der Waals surface area (Å²) < 4.78 is 0. The highest BCUT2D eigenvalue weighted by Crippen LogP contribution is 2.27. The molecule has 2 aromatic rings. The van der Waals surface area contributed by atoms with E-state index in [1.165, 1.54) is 12.4 Å². The van der Waals surface area contributed by atoms with E-state index in [0.29, 0.717) is 11.3 Å². The van der Waals surface area contributed by atoms with Crippen LogP contribution in [0.25, 0.3) is 0 Å². The van der Waals surface area contributed by atoms with Crippen molar-refractivity contribution >= 4 is 35.6 Å². The van der Waals surface area contributed by atoms with E-state index in [-0.39, 0.29) is 5.56 Å². The molecule has 118 valence electrons. The van der Waals surface area contributed by atoms with Gasteiger partial charge in [0.1, 0.15) is 6.34 Å². The summed E-state index contributed by atoms with van der Waals surface area (Å²) in [5.41, 5.74) is 7.68. The van der Waals surface area contributed by atoms with Crippen LogP contribution in [0.15, 0.2) is 59.6 Å². The maximum Gasteiger partial charge on any atom is 0.218 e. The number of thiol groups is 1. The molecule has 0 fully saturated rings. The Morgan fingerprint density at radius 3 is 2.43 bits per heavy atom. The first-order valence-corrected chi connectivity index (χ1v) is 7.16. The van der Waals surface area contributed by atoms with Crippen LogP contribution in [0, 0.1) is 0 Å². The van der Waals surface area contributed by atoms with Crippen LogP contribution >= 0.6 is 12.6 Å². The number of carbonyl (C=O) groups excluding carboxylic acids is 2. The Kier molecular flexibility index (Phi) is 5.28. The van der Waals surface area contributed by atoms with Gasteiger partial charge in [0.15, 0.2) is 11.3 Å². The molecule has 0 spiro atoms. The fourth-order valence-electron chi connectivity index (χ4n) is 2.12. The highest BCUT2D eigenvalue weighted by Gasteiger charge is 2.42. The van der Waals surface area contributed by atoms with Gasteiger partial charge in [0.25, 0.3) is 0 Å². The first kappa shape index (κ1) is 16.9. The first-order valence-electron chi connectivity index (χ1n) is 6.71. The van der Waals surface area contributed by atoms with E-state index in [2.05, 4.69) is 23.0 Å². The maximum atomic E-state index is 12.8. The summed E-state index contributed by atoms with van der Waals surface area (Å²) in [7, 11) is 0. The highest BCUT2D eigenvalue weighted by molar-refractivity contribution is 7.96. The van der Waals surface area contributed by atoms with Gasteiger partial charge in [-0.15, -0.1) is 12.6 Å². The van der Waals surface area contributed by atoms with E-state index >= 15 is 0 Å². The fraction of sp³-hybridized carbons (Fsp3) is 0.0625. The van der Waals surface area contributed by atoms with Crippen molar-refractivity contribution in [1.29, 1.82) is 0 Å². The van der Waals surface area contributed by atoms with Gasteiger partial charge >= 0.3 is 0 Å². The van der Waals surface area contributed by atoms with Crippen molar-refractivity contribution in [3.8, 4) is 0 Å². The Labute approximate surface area is 139 Å². The SMILES string of the molecule is NNC=Nc1cccc(C(=O)C(N)(C(=O)S)c2ccccc2)c1. The molecule has 6 nitrogen and oxygen atoms in total. The zero-order chi connectivity index (χ0) is 16.9. The van der Waals surface area contributed by atoms with Crippen LogP contribution in [0.3, 0.4) is 0 Å². The second-order valence-electron chi connectivity index (χ2n) is 4.78. The first-order chi connectivity index (χ1) is 11.0. The molecular weight excluding hydrogens is 312 g/mol. The van der Waals surface area contributed by atoms with Crippen molar-refractivity contribution < 1.29 is 9.59 Å². The summed E-state index contributed by atoms with van der Waals surface area (Å²) in [6, 6.07) is 14.8. The molecule has 1 unspecified atom stereocenters. The van der Waals surface area contributed by atoms with Gasteiger partial charge in [-0.1, -0.05) is 42.5 Å². The average molecular weight is 328 g/mol. The number of Topliss-reactive ketones (excluding diaryl/α,β-unsaturated/α-hetero) is 1. The van der Waals surface area contributed by atoms with Crippen molar-refractivity contribution in [2.24, 2.45) is 16.6 Å². The Bertz CT molecular complexity index is 749. The lowest BCUT2D eigenvalue weighted by molar-refractivity contribution is -0.114. The zero-order valence-corrected chi connectivity index (χ0v) is 13.0. The van der Waals surface area contributed by atoms with Gasteiger partial charge in [0.05, 0.1) is 5.69 Å². The molecule has 1 atom stereocenters. The van der Waals surface area contributed by atoms with Crippen molar-refractivity contribution in [3.05, 3.63) is 65.7 Å². The minimum Gasteiger partial charge on any atom is -0.315 e. The van der Waals surface area contributed by atoms with Crippen molar-refractivity contribution in [2.45, 2.75) is 5.54 Å². The number of benzene rings is 2. The number of nitrogens with zero attached hydrogens (tertiary/aromatic N) is 1. The third-order valence-corrected chi connectivity index (χ3v) is 3.67. The number of nitrogens with one attached hydrogen (secondary N) is 1. The predicted octanol–water partition coefficient (Wildman–Crippen LogP) is 1.30. The second-order valence-corrected chi connectivity index (χ2v) is 5.19. The lowest BCUT2D eigenvalue weighted by atomic mass is 9.84. The van der Waals surface area contributed by atoms with Crippen molar-refractivity contribution in [3.63, 3.8) is 0 Å². The fourth-order valence-corrected chi connectivity index (χ4v) is 2.35. The monoisotopic (exact) mass is 328 g/mol. The summed E-state index contributed by atoms with van der Waals surface area (Å²) in [4.78, 5) is 28.9. The average Bonchev–Trinajstić information content (AvgIpc) is 2.59. The number of ketones is 1. The molecule has 0 bridgehead atoms. The number of nitrogens with two attached hydrogens (primary N) is 2. The highest BCUT2D eigenvalue weighted by atomic mass is 32.1. The maximum absolute atomic E-state index is 12.8. The third kappa shape index (κ3) is 3.48. The lowest BCUT2D eigenvalue weighted by Crippen LogP contribution is -2.50.